The zero-order valence-corrected chi connectivity index (χ0v) is 15.7. The molecule has 138 valence electrons. The van der Waals surface area contributed by atoms with E-state index in [1.807, 2.05) is 60.8 Å². The van der Waals surface area contributed by atoms with E-state index in [0.29, 0.717) is 11.6 Å². The summed E-state index contributed by atoms with van der Waals surface area (Å²) in [7, 11) is 0. The van der Waals surface area contributed by atoms with Crippen molar-refractivity contribution in [3.05, 3.63) is 65.8 Å². The maximum atomic E-state index is 12.3. The number of anilines is 2. The summed E-state index contributed by atoms with van der Waals surface area (Å²) >= 11 is 6.08. The SMILES string of the molecule is O=C(CN1CCN(c2ccnc3cc(Cl)ccc23)CC1)Nc1ccccc1. The third kappa shape index (κ3) is 4.21. The van der Waals surface area contributed by atoms with Crippen LogP contribution < -0.4 is 10.2 Å². The molecule has 0 radical (unpaired) electrons. The van der Waals surface area contributed by atoms with Crippen molar-refractivity contribution in [1.82, 2.24) is 9.88 Å². The molecule has 0 bridgehead atoms. The Morgan fingerprint density at radius 3 is 2.59 bits per heavy atom. The molecule has 1 aliphatic heterocycles. The molecule has 0 aliphatic carbocycles. The molecule has 3 aromatic rings. The first-order valence-electron chi connectivity index (χ1n) is 9.05. The number of carbonyl (C=O) groups excluding carboxylic acids is 1. The third-order valence-corrected chi connectivity index (χ3v) is 5.05. The highest BCUT2D eigenvalue weighted by Gasteiger charge is 2.20. The number of nitrogens with one attached hydrogen (secondary N) is 1. The van der Waals surface area contributed by atoms with Crippen LogP contribution in [-0.4, -0.2) is 48.5 Å². The Balaban J connectivity index is 1.37. The smallest absolute Gasteiger partial charge is 0.238 e. The zero-order chi connectivity index (χ0) is 18.6. The van der Waals surface area contributed by atoms with E-state index in [0.717, 1.165) is 42.8 Å². The Morgan fingerprint density at radius 1 is 1.04 bits per heavy atom. The minimum absolute atomic E-state index is 0.0265. The molecular formula is C21H21ClN4O. The summed E-state index contributed by atoms with van der Waals surface area (Å²) in [5.41, 5.74) is 2.91. The second-order valence-electron chi connectivity index (χ2n) is 6.67. The Kier molecular flexibility index (Phi) is 5.23. The minimum Gasteiger partial charge on any atom is -0.368 e. The van der Waals surface area contributed by atoms with E-state index in [-0.39, 0.29) is 5.91 Å². The molecule has 0 unspecified atom stereocenters. The Morgan fingerprint density at radius 2 is 1.81 bits per heavy atom. The maximum Gasteiger partial charge on any atom is 0.238 e. The van der Waals surface area contributed by atoms with Crippen molar-refractivity contribution >= 4 is 39.8 Å². The predicted molar refractivity (Wildman–Crippen MR) is 110 cm³/mol. The van der Waals surface area contributed by atoms with Gasteiger partial charge in [0.05, 0.1) is 12.1 Å². The van der Waals surface area contributed by atoms with Crippen LogP contribution in [0.4, 0.5) is 11.4 Å². The lowest BCUT2D eigenvalue weighted by Gasteiger charge is -2.36. The second kappa shape index (κ2) is 7.94. The van der Waals surface area contributed by atoms with Crippen LogP contribution in [0, 0.1) is 0 Å². The van der Waals surface area contributed by atoms with Gasteiger partial charge in [0.1, 0.15) is 0 Å². The maximum absolute atomic E-state index is 12.3. The zero-order valence-electron chi connectivity index (χ0n) is 14.9. The van der Waals surface area contributed by atoms with Gasteiger partial charge in [-0.1, -0.05) is 29.8 Å². The monoisotopic (exact) mass is 380 g/mol. The molecule has 0 saturated carbocycles. The third-order valence-electron chi connectivity index (χ3n) is 4.82. The van der Waals surface area contributed by atoms with Gasteiger partial charge in [0.25, 0.3) is 0 Å². The largest absolute Gasteiger partial charge is 0.368 e. The molecule has 2 aromatic carbocycles. The molecule has 6 heteroatoms. The molecule has 1 fully saturated rings. The van der Waals surface area contributed by atoms with Gasteiger partial charge in [-0.15, -0.1) is 0 Å². The number of nitrogens with zero attached hydrogens (tertiary/aromatic N) is 3. The topological polar surface area (TPSA) is 48.5 Å². The number of rotatable bonds is 4. The molecule has 5 nitrogen and oxygen atoms in total. The van der Waals surface area contributed by atoms with Gasteiger partial charge in [0.2, 0.25) is 5.91 Å². The fourth-order valence-electron chi connectivity index (χ4n) is 3.45. The van der Waals surface area contributed by atoms with Crippen LogP contribution in [0.1, 0.15) is 0 Å². The van der Waals surface area contributed by atoms with Crippen molar-refractivity contribution in [2.45, 2.75) is 0 Å². The normalized spacial score (nSPS) is 15.1. The molecule has 2 heterocycles. The molecule has 0 atom stereocenters. The Hall–Kier alpha value is -2.63. The lowest BCUT2D eigenvalue weighted by atomic mass is 10.1. The highest BCUT2D eigenvalue weighted by Crippen LogP contribution is 2.28. The lowest BCUT2D eigenvalue weighted by molar-refractivity contribution is -0.117. The van der Waals surface area contributed by atoms with Crippen LogP contribution in [0.15, 0.2) is 60.8 Å². The number of para-hydroxylation sites is 1. The number of aromatic nitrogens is 1. The van der Waals surface area contributed by atoms with Gasteiger partial charge in [0.15, 0.2) is 0 Å². The van der Waals surface area contributed by atoms with Gasteiger partial charge in [-0.3, -0.25) is 14.7 Å². The number of carbonyl (C=O) groups is 1. The van der Waals surface area contributed by atoms with E-state index in [9.17, 15) is 4.79 Å². The van der Waals surface area contributed by atoms with Crippen molar-refractivity contribution < 1.29 is 4.79 Å². The van der Waals surface area contributed by atoms with Gasteiger partial charge in [0, 0.05) is 54.2 Å². The van der Waals surface area contributed by atoms with E-state index < -0.39 is 0 Å². The molecule has 1 saturated heterocycles. The molecule has 1 aliphatic rings. The van der Waals surface area contributed by atoms with Crippen LogP contribution >= 0.6 is 11.6 Å². The summed E-state index contributed by atoms with van der Waals surface area (Å²) in [4.78, 5) is 21.2. The number of halogens is 1. The summed E-state index contributed by atoms with van der Waals surface area (Å²) < 4.78 is 0. The lowest BCUT2D eigenvalue weighted by Crippen LogP contribution is -2.48. The van der Waals surface area contributed by atoms with Crippen molar-refractivity contribution in [2.24, 2.45) is 0 Å². The highest BCUT2D eigenvalue weighted by molar-refractivity contribution is 6.31. The number of hydrogen-bond donors (Lipinski definition) is 1. The fourth-order valence-corrected chi connectivity index (χ4v) is 3.62. The standard InChI is InChI=1S/C21H21ClN4O/c22-16-6-7-18-19(14-16)23-9-8-20(18)26-12-10-25(11-13-26)15-21(27)24-17-4-2-1-3-5-17/h1-9,14H,10-13,15H2,(H,24,27). The number of benzene rings is 2. The van der Waals surface area contributed by atoms with E-state index in [4.69, 9.17) is 11.6 Å². The van der Waals surface area contributed by atoms with Crippen LogP contribution in [-0.2, 0) is 4.79 Å². The van der Waals surface area contributed by atoms with Gasteiger partial charge in [-0.05, 0) is 36.4 Å². The Labute approximate surface area is 163 Å². The summed E-state index contributed by atoms with van der Waals surface area (Å²) in [6, 6.07) is 17.4. The van der Waals surface area contributed by atoms with E-state index in [1.54, 1.807) is 0 Å². The molecule has 0 spiro atoms. The fraction of sp³-hybridized carbons (Fsp3) is 0.238. The molecule has 1 N–H and O–H groups in total. The van der Waals surface area contributed by atoms with E-state index >= 15 is 0 Å². The summed E-state index contributed by atoms with van der Waals surface area (Å²) in [5, 5.41) is 4.75. The number of fused-ring (bicyclic) bond motifs is 1. The number of piperazine rings is 1. The summed E-state index contributed by atoms with van der Waals surface area (Å²) in [6.07, 6.45) is 1.83. The second-order valence-corrected chi connectivity index (χ2v) is 7.11. The molecule has 27 heavy (non-hydrogen) atoms. The first-order valence-corrected chi connectivity index (χ1v) is 9.43. The van der Waals surface area contributed by atoms with Gasteiger partial charge in [-0.2, -0.15) is 0 Å². The van der Waals surface area contributed by atoms with Crippen molar-refractivity contribution in [3.8, 4) is 0 Å². The quantitative estimate of drug-likeness (QED) is 0.750. The van der Waals surface area contributed by atoms with E-state index in [2.05, 4.69) is 20.1 Å². The van der Waals surface area contributed by atoms with Gasteiger partial charge >= 0.3 is 0 Å². The molecular weight excluding hydrogens is 360 g/mol. The Bertz CT molecular complexity index is 939. The van der Waals surface area contributed by atoms with Crippen molar-refractivity contribution in [3.63, 3.8) is 0 Å². The molecule has 4 rings (SSSR count). The summed E-state index contributed by atoms with van der Waals surface area (Å²) in [6.45, 7) is 3.86. The predicted octanol–water partition coefficient (Wildman–Crippen LogP) is 3.65. The van der Waals surface area contributed by atoms with Gasteiger partial charge in [-0.25, -0.2) is 0 Å². The molecule has 1 amide bonds. The first kappa shape index (κ1) is 17.8. The van der Waals surface area contributed by atoms with E-state index in [1.165, 1.54) is 5.69 Å². The average molecular weight is 381 g/mol. The minimum atomic E-state index is 0.0265. The first-order chi connectivity index (χ1) is 13.2. The van der Waals surface area contributed by atoms with Crippen LogP contribution in [0.2, 0.25) is 5.02 Å². The van der Waals surface area contributed by atoms with Crippen molar-refractivity contribution in [1.29, 1.82) is 0 Å². The average Bonchev–Trinajstić information content (AvgIpc) is 2.68. The summed E-state index contributed by atoms with van der Waals surface area (Å²) in [5.74, 6) is 0.0265. The number of hydrogen-bond acceptors (Lipinski definition) is 4. The van der Waals surface area contributed by atoms with Crippen LogP contribution in [0.3, 0.4) is 0 Å². The molecule has 1 aromatic heterocycles. The highest BCUT2D eigenvalue weighted by atomic mass is 35.5. The number of amides is 1. The van der Waals surface area contributed by atoms with Crippen LogP contribution in [0.5, 0.6) is 0 Å². The van der Waals surface area contributed by atoms with Crippen molar-refractivity contribution in [2.75, 3.05) is 42.9 Å². The van der Waals surface area contributed by atoms with Crippen LogP contribution in [0.25, 0.3) is 10.9 Å². The van der Waals surface area contributed by atoms with Gasteiger partial charge < -0.3 is 10.2 Å². The number of pyridine rings is 1.